The van der Waals surface area contributed by atoms with Gasteiger partial charge in [0.25, 0.3) is 0 Å². The van der Waals surface area contributed by atoms with Crippen LogP contribution in [0.5, 0.6) is 0 Å². The first-order valence-electron chi connectivity index (χ1n) is 3.38. The number of nitrogens with one attached hydrogen (secondary N) is 1. The number of carboxylic acid groups (broad SMARTS) is 1. The summed E-state index contributed by atoms with van der Waals surface area (Å²) in [7, 11) is 0. The first-order valence-corrected chi connectivity index (χ1v) is 3.38. The molecule has 0 saturated heterocycles. The van der Waals surface area contributed by atoms with Gasteiger partial charge < -0.3 is 5.11 Å². The van der Waals surface area contributed by atoms with Crippen LogP contribution in [0.2, 0.25) is 0 Å². The quantitative estimate of drug-likeness (QED) is 0.456. The molecule has 4 nitrogen and oxygen atoms in total. The molecular weight excluding hydrogens is 134 g/mol. The molecule has 0 atom stereocenters. The molecular formula is C6H13NO3. The Kier molecular flexibility index (Phi) is 5.86. The molecule has 0 bridgehead atoms. The Morgan fingerprint density at radius 3 is 2.80 bits per heavy atom. The smallest absolute Gasteiger partial charge is 0.428 e. The second-order valence-corrected chi connectivity index (χ2v) is 1.96. The number of rotatable bonds is 5. The minimum atomic E-state index is -1.14. The van der Waals surface area contributed by atoms with E-state index >= 15 is 0 Å². The lowest BCUT2D eigenvalue weighted by Crippen LogP contribution is -2.21. The Hall–Kier alpha value is -0.770. The minimum absolute atomic E-state index is 0.458. The van der Waals surface area contributed by atoms with Crippen molar-refractivity contribution in [1.29, 1.82) is 0 Å². The van der Waals surface area contributed by atoms with E-state index < -0.39 is 6.09 Å². The summed E-state index contributed by atoms with van der Waals surface area (Å²) in [6.45, 7) is 2.53. The zero-order chi connectivity index (χ0) is 7.82. The van der Waals surface area contributed by atoms with Crippen LogP contribution in [-0.4, -0.2) is 17.8 Å². The molecule has 0 unspecified atom stereocenters. The zero-order valence-corrected chi connectivity index (χ0v) is 6.09. The molecule has 0 rings (SSSR count). The monoisotopic (exact) mass is 147 g/mol. The largest absolute Gasteiger partial charge is 0.464 e. The molecule has 0 aliphatic carbocycles. The third kappa shape index (κ3) is 7.23. The van der Waals surface area contributed by atoms with E-state index in [0.29, 0.717) is 6.61 Å². The average Bonchev–Trinajstić information content (AvgIpc) is 1.87. The van der Waals surface area contributed by atoms with Gasteiger partial charge in [-0.3, -0.25) is 4.84 Å². The highest BCUT2D eigenvalue weighted by molar-refractivity contribution is 5.62. The van der Waals surface area contributed by atoms with E-state index in [-0.39, 0.29) is 0 Å². The van der Waals surface area contributed by atoms with Gasteiger partial charge in [0.05, 0.1) is 6.61 Å². The van der Waals surface area contributed by atoms with Gasteiger partial charge in [0.2, 0.25) is 0 Å². The summed E-state index contributed by atoms with van der Waals surface area (Å²) in [5.74, 6) is 0. The number of amides is 1. The third-order valence-electron chi connectivity index (χ3n) is 1.01. The third-order valence-corrected chi connectivity index (χ3v) is 1.01. The standard InChI is InChI=1S/C6H13NO3/c1-2-3-4-5-10-7-6(8)9/h7H,2-5H2,1H3,(H,8,9). The van der Waals surface area contributed by atoms with Crippen molar-refractivity contribution in [1.82, 2.24) is 5.48 Å². The molecule has 0 aromatic heterocycles. The highest BCUT2D eigenvalue weighted by Gasteiger charge is 1.91. The maximum absolute atomic E-state index is 9.80. The van der Waals surface area contributed by atoms with Gasteiger partial charge in [0, 0.05) is 0 Å². The predicted octanol–water partition coefficient (Wildman–Crippen LogP) is 1.38. The lowest BCUT2D eigenvalue weighted by Gasteiger charge is -1.99. The van der Waals surface area contributed by atoms with Crippen molar-refractivity contribution < 1.29 is 14.7 Å². The van der Waals surface area contributed by atoms with Crippen molar-refractivity contribution in [2.45, 2.75) is 26.2 Å². The van der Waals surface area contributed by atoms with Crippen LogP contribution < -0.4 is 5.48 Å². The topological polar surface area (TPSA) is 58.6 Å². The van der Waals surface area contributed by atoms with Crippen molar-refractivity contribution in [3.63, 3.8) is 0 Å². The first-order chi connectivity index (χ1) is 4.77. The molecule has 0 aromatic carbocycles. The molecule has 0 aliphatic rings. The summed E-state index contributed by atoms with van der Waals surface area (Å²) in [4.78, 5) is 14.3. The molecule has 0 radical (unpaired) electrons. The number of hydrogen-bond donors (Lipinski definition) is 2. The van der Waals surface area contributed by atoms with Crippen molar-refractivity contribution in [2.75, 3.05) is 6.61 Å². The predicted molar refractivity (Wildman–Crippen MR) is 36.6 cm³/mol. The molecule has 0 saturated carbocycles. The van der Waals surface area contributed by atoms with E-state index in [9.17, 15) is 4.79 Å². The van der Waals surface area contributed by atoms with Crippen LogP contribution in [0.3, 0.4) is 0 Å². The van der Waals surface area contributed by atoms with Gasteiger partial charge >= 0.3 is 6.09 Å². The van der Waals surface area contributed by atoms with E-state index in [1.54, 1.807) is 0 Å². The van der Waals surface area contributed by atoms with Crippen molar-refractivity contribution >= 4 is 6.09 Å². The fraction of sp³-hybridized carbons (Fsp3) is 0.833. The molecule has 10 heavy (non-hydrogen) atoms. The zero-order valence-electron chi connectivity index (χ0n) is 6.09. The molecule has 4 heteroatoms. The second kappa shape index (κ2) is 6.35. The fourth-order valence-corrected chi connectivity index (χ4v) is 0.537. The lowest BCUT2D eigenvalue weighted by atomic mass is 10.3. The first kappa shape index (κ1) is 9.23. The van der Waals surface area contributed by atoms with Gasteiger partial charge in [-0.25, -0.2) is 4.79 Å². The number of carbonyl (C=O) groups is 1. The fourth-order valence-electron chi connectivity index (χ4n) is 0.537. The van der Waals surface area contributed by atoms with Gasteiger partial charge in [-0.15, -0.1) is 0 Å². The SMILES string of the molecule is CCCCCONC(=O)O. The molecule has 0 heterocycles. The summed E-state index contributed by atoms with van der Waals surface area (Å²) in [5.41, 5.74) is 1.82. The van der Waals surface area contributed by atoms with Gasteiger partial charge in [0.15, 0.2) is 0 Å². The number of hydrogen-bond acceptors (Lipinski definition) is 2. The Bertz CT molecular complexity index is 95.0. The van der Waals surface area contributed by atoms with E-state index in [1.165, 1.54) is 0 Å². The van der Waals surface area contributed by atoms with E-state index in [1.807, 2.05) is 5.48 Å². The number of unbranched alkanes of at least 4 members (excludes halogenated alkanes) is 2. The summed E-state index contributed by atoms with van der Waals surface area (Å²) in [5, 5.41) is 8.03. The summed E-state index contributed by atoms with van der Waals surface area (Å²) in [6.07, 6.45) is 1.94. The highest BCUT2D eigenvalue weighted by Crippen LogP contribution is 1.92. The van der Waals surface area contributed by atoms with Crippen LogP contribution in [-0.2, 0) is 4.84 Å². The van der Waals surface area contributed by atoms with Crippen LogP contribution in [0.15, 0.2) is 0 Å². The highest BCUT2D eigenvalue weighted by atomic mass is 16.7. The van der Waals surface area contributed by atoms with Crippen LogP contribution in [0.1, 0.15) is 26.2 Å². The van der Waals surface area contributed by atoms with Crippen LogP contribution >= 0.6 is 0 Å². The molecule has 1 amide bonds. The second-order valence-electron chi connectivity index (χ2n) is 1.96. The van der Waals surface area contributed by atoms with Gasteiger partial charge in [-0.05, 0) is 6.42 Å². The summed E-state index contributed by atoms with van der Waals surface area (Å²) >= 11 is 0. The van der Waals surface area contributed by atoms with Gasteiger partial charge in [-0.2, -0.15) is 5.48 Å². The summed E-state index contributed by atoms with van der Waals surface area (Å²) < 4.78 is 0. The van der Waals surface area contributed by atoms with Crippen molar-refractivity contribution in [2.24, 2.45) is 0 Å². The molecule has 60 valence electrons. The molecule has 0 aromatic rings. The van der Waals surface area contributed by atoms with Crippen LogP contribution in [0.25, 0.3) is 0 Å². The van der Waals surface area contributed by atoms with E-state index in [2.05, 4.69) is 11.8 Å². The van der Waals surface area contributed by atoms with E-state index in [0.717, 1.165) is 19.3 Å². The molecule has 0 fully saturated rings. The van der Waals surface area contributed by atoms with E-state index in [4.69, 9.17) is 5.11 Å². The Labute approximate surface area is 60.1 Å². The van der Waals surface area contributed by atoms with Crippen LogP contribution in [0, 0.1) is 0 Å². The van der Waals surface area contributed by atoms with Crippen molar-refractivity contribution in [3.8, 4) is 0 Å². The van der Waals surface area contributed by atoms with Gasteiger partial charge in [0.1, 0.15) is 0 Å². The lowest BCUT2D eigenvalue weighted by molar-refractivity contribution is 0.0403. The summed E-state index contributed by atoms with van der Waals surface area (Å²) in [6, 6.07) is 0. The maximum Gasteiger partial charge on any atom is 0.428 e. The van der Waals surface area contributed by atoms with Gasteiger partial charge in [-0.1, -0.05) is 19.8 Å². The maximum atomic E-state index is 9.80. The molecule has 0 spiro atoms. The Morgan fingerprint density at radius 1 is 1.60 bits per heavy atom. The minimum Gasteiger partial charge on any atom is -0.464 e. The number of hydroxylamine groups is 1. The average molecular weight is 147 g/mol. The Balaban J connectivity index is 2.84. The van der Waals surface area contributed by atoms with Crippen LogP contribution in [0.4, 0.5) is 4.79 Å². The molecule has 0 aliphatic heterocycles. The Morgan fingerprint density at radius 2 is 2.30 bits per heavy atom. The van der Waals surface area contributed by atoms with Crippen molar-refractivity contribution in [3.05, 3.63) is 0 Å². The normalized spacial score (nSPS) is 9.30. The molecule has 2 N–H and O–H groups in total.